The van der Waals surface area contributed by atoms with Gasteiger partial charge in [0.15, 0.2) is 0 Å². The van der Waals surface area contributed by atoms with E-state index in [0.29, 0.717) is 6.61 Å². The Bertz CT molecular complexity index is 210. The van der Waals surface area contributed by atoms with Crippen molar-refractivity contribution in [3.8, 4) is 0 Å². The molecule has 0 amide bonds. The second-order valence-electron chi connectivity index (χ2n) is 4.32. The van der Waals surface area contributed by atoms with E-state index < -0.39 is 5.97 Å². The van der Waals surface area contributed by atoms with E-state index in [4.69, 9.17) is 9.84 Å². The first kappa shape index (κ1) is 10.5. The molecule has 0 heterocycles. The molecule has 0 radical (unpaired) electrons. The van der Waals surface area contributed by atoms with E-state index >= 15 is 0 Å². The number of carbonyl (C=O) groups is 1. The Hall–Kier alpha value is -0.570. The molecule has 0 spiro atoms. The van der Waals surface area contributed by atoms with Gasteiger partial charge in [-0.2, -0.15) is 0 Å². The molecule has 1 unspecified atom stereocenters. The van der Waals surface area contributed by atoms with E-state index in [2.05, 4.69) is 0 Å². The van der Waals surface area contributed by atoms with Crippen LogP contribution in [-0.4, -0.2) is 23.8 Å². The Morgan fingerprint density at radius 2 is 2.15 bits per heavy atom. The SMILES string of the molecule is CCOC(C)[C@H]1[C@H](C(=O)O)C1(C)C. The van der Waals surface area contributed by atoms with Crippen molar-refractivity contribution in [1.29, 1.82) is 0 Å². The molecule has 3 heteroatoms. The van der Waals surface area contributed by atoms with Crippen molar-refractivity contribution in [3.05, 3.63) is 0 Å². The maximum Gasteiger partial charge on any atom is 0.307 e. The van der Waals surface area contributed by atoms with E-state index in [0.717, 1.165) is 0 Å². The first-order valence-corrected chi connectivity index (χ1v) is 4.77. The van der Waals surface area contributed by atoms with Gasteiger partial charge < -0.3 is 9.84 Å². The molecular formula is C10H18O3. The third kappa shape index (κ3) is 1.70. The molecule has 0 aliphatic heterocycles. The zero-order chi connectivity index (χ0) is 10.2. The summed E-state index contributed by atoms with van der Waals surface area (Å²) in [5.41, 5.74) is -0.0968. The fraction of sp³-hybridized carbons (Fsp3) is 0.900. The highest BCUT2D eigenvalue weighted by Gasteiger charge is 2.64. The highest BCUT2D eigenvalue weighted by atomic mass is 16.5. The van der Waals surface area contributed by atoms with Crippen LogP contribution in [0, 0.1) is 17.3 Å². The van der Waals surface area contributed by atoms with Crippen LogP contribution in [0.4, 0.5) is 0 Å². The normalized spacial score (nSPS) is 32.6. The van der Waals surface area contributed by atoms with Crippen molar-refractivity contribution in [2.75, 3.05) is 6.61 Å². The van der Waals surface area contributed by atoms with E-state index in [1.54, 1.807) is 0 Å². The van der Waals surface area contributed by atoms with Crippen molar-refractivity contribution >= 4 is 5.97 Å². The molecular weight excluding hydrogens is 168 g/mol. The average molecular weight is 186 g/mol. The summed E-state index contributed by atoms with van der Waals surface area (Å²) in [5, 5.41) is 8.92. The van der Waals surface area contributed by atoms with Crippen molar-refractivity contribution in [1.82, 2.24) is 0 Å². The van der Waals surface area contributed by atoms with Gasteiger partial charge >= 0.3 is 5.97 Å². The number of hydrogen-bond donors (Lipinski definition) is 1. The molecule has 13 heavy (non-hydrogen) atoms. The van der Waals surface area contributed by atoms with Crippen LogP contribution in [0.15, 0.2) is 0 Å². The Balaban J connectivity index is 2.59. The molecule has 1 rings (SSSR count). The Morgan fingerprint density at radius 1 is 1.62 bits per heavy atom. The monoisotopic (exact) mass is 186 g/mol. The third-order valence-corrected chi connectivity index (χ3v) is 3.11. The fourth-order valence-electron chi connectivity index (χ4n) is 2.39. The standard InChI is InChI=1S/C10H18O3/c1-5-13-6(2)7-8(9(11)12)10(7,3)4/h6-8H,5H2,1-4H3,(H,11,12)/t6?,7-,8+/m0/s1. The quantitative estimate of drug-likeness (QED) is 0.727. The van der Waals surface area contributed by atoms with E-state index in [1.165, 1.54) is 0 Å². The molecule has 0 aromatic heterocycles. The average Bonchev–Trinajstić information content (AvgIpc) is 2.54. The highest BCUT2D eigenvalue weighted by Crippen LogP contribution is 2.60. The molecule has 1 aliphatic carbocycles. The maximum atomic E-state index is 10.8. The molecule has 0 saturated heterocycles. The lowest BCUT2D eigenvalue weighted by atomic mass is 10.1. The van der Waals surface area contributed by atoms with Gasteiger partial charge in [0, 0.05) is 12.5 Å². The van der Waals surface area contributed by atoms with Crippen molar-refractivity contribution in [3.63, 3.8) is 0 Å². The van der Waals surface area contributed by atoms with Gasteiger partial charge in [-0.3, -0.25) is 4.79 Å². The van der Waals surface area contributed by atoms with E-state index in [-0.39, 0.29) is 23.4 Å². The van der Waals surface area contributed by atoms with Gasteiger partial charge in [-0.05, 0) is 19.3 Å². The molecule has 0 aromatic rings. The minimum Gasteiger partial charge on any atom is -0.481 e. The van der Waals surface area contributed by atoms with E-state index in [9.17, 15) is 4.79 Å². The lowest BCUT2D eigenvalue weighted by Gasteiger charge is -2.12. The van der Waals surface area contributed by atoms with Crippen LogP contribution in [-0.2, 0) is 9.53 Å². The van der Waals surface area contributed by atoms with Crippen molar-refractivity contribution < 1.29 is 14.6 Å². The van der Waals surface area contributed by atoms with Gasteiger partial charge in [0.25, 0.3) is 0 Å². The lowest BCUT2D eigenvalue weighted by molar-refractivity contribution is -0.139. The summed E-state index contributed by atoms with van der Waals surface area (Å²) < 4.78 is 5.42. The predicted octanol–water partition coefficient (Wildman–Crippen LogP) is 1.77. The summed E-state index contributed by atoms with van der Waals surface area (Å²) in [6.45, 7) is 8.53. The van der Waals surface area contributed by atoms with Crippen LogP contribution in [0.25, 0.3) is 0 Å². The largest absolute Gasteiger partial charge is 0.481 e. The number of rotatable bonds is 4. The topological polar surface area (TPSA) is 46.5 Å². The molecule has 1 aliphatic rings. The number of hydrogen-bond acceptors (Lipinski definition) is 2. The molecule has 3 atom stereocenters. The summed E-state index contributed by atoms with van der Waals surface area (Å²) >= 11 is 0. The van der Waals surface area contributed by atoms with Gasteiger partial charge in [-0.15, -0.1) is 0 Å². The zero-order valence-corrected chi connectivity index (χ0v) is 8.70. The molecule has 1 N–H and O–H groups in total. The lowest BCUT2D eigenvalue weighted by Crippen LogP contribution is -2.15. The van der Waals surface area contributed by atoms with Crippen LogP contribution in [0.1, 0.15) is 27.7 Å². The molecule has 0 aromatic carbocycles. The second-order valence-corrected chi connectivity index (χ2v) is 4.32. The van der Waals surface area contributed by atoms with Crippen LogP contribution >= 0.6 is 0 Å². The summed E-state index contributed by atoms with van der Waals surface area (Å²) in [7, 11) is 0. The number of ether oxygens (including phenoxy) is 1. The van der Waals surface area contributed by atoms with Gasteiger partial charge in [0.2, 0.25) is 0 Å². The van der Waals surface area contributed by atoms with Gasteiger partial charge in [0.1, 0.15) is 0 Å². The minimum atomic E-state index is -0.693. The Morgan fingerprint density at radius 3 is 2.46 bits per heavy atom. The minimum absolute atomic E-state index is 0.0566. The van der Waals surface area contributed by atoms with Gasteiger partial charge in [0.05, 0.1) is 12.0 Å². The molecule has 76 valence electrons. The number of carboxylic acid groups (broad SMARTS) is 1. The Kier molecular flexibility index (Phi) is 2.66. The van der Waals surface area contributed by atoms with Crippen molar-refractivity contribution in [2.45, 2.75) is 33.8 Å². The first-order valence-electron chi connectivity index (χ1n) is 4.77. The molecule has 0 bridgehead atoms. The molecule has 1 saturated carbocycles. The summed E-state index contributed by atoms with van der Waals surface area (Å²) in [5.74, 6) is -0.749. The second kappa shape index (κ2) is 3.29. The van der Waals surface area contributed by atoms with Crippen LogP contribution in [0.5, 0.6) is 0 Å². The first-order chi connectivity index (χ1) is 5.92. The highest BCUT2D eigenvalue weighted by molar-refractivity contribution is 5.75. The Labute approximate surface area is 79.1 Å². The van der Waals surface area contributed by atoms with Crippen molar-refractivity contribution in [2.24, 2.45) is 17.3 Å². The number of carboxylic acids is 1. The fourth-order valence-corrected chi connectivity index (χ4v) is 2.39. The smallest absolute Gasteiger partial charge is 0.307 e. The summed E-state index contributed by atoms with van der Waals surface area (Å²) in [4.78, 5) is 10.8. The zero-order valence-electron chi connectivity index (χ0n) is 8.70. The summed E-state index contributed by atoms with van der Waals surface area (Å²) in [6, 6.07) is 0. The summed E-state index contributed by atoms with van der Waals surface area (Å²) in [6.07, 6.45) is 0.0566. The van der Waals surface area contributed by atoms with Gasteiger partial charge in [-0.25, -0.2) is 0 Å². The number of aliphatic carboxylic acids is 1. The van der Waals surface area contributed by atoms with Gasteiger partial charge in [-0.1, -0.05) is 13.8 Å². The molecule has 1 fully saturated rings. The predicted molar refractivity (Wildman–Crippen MR) is 49.5 cm³/mol. The van der Waals surface area contributed by atoms with Crippen LogP contribution in [0.3, 0.4) is 0 Å². The van der Waals surface area contributed by atoms with Crippen LogP contribution in [0.2, 0.25) is 0 Å². The molecule has 3 nitrogen and oxygen atoms in total. The maximum absolute atomic E-state index is 10.8. The van der Waals surface area contributed by atoms with Crippen LogP contribution < -0.4 is 0 Å². The van der Waals surface area contributed by atoms with E-state index in [1.807, 2.05) is 27.7 Å². The third-order valence-electron chi connectivity index (χ3n) is 3.11.